The number of halogens is 1. The van der Waals surface area contributed by atoms with Crippen LogP contribution in [0.25, 0.3) is 0 Å². The summed E-state index contributed by atoms with van der Waals surface area (Å²) in [5.74, 6) is 3.19. The first-order valence-corrected chi connectivity index (χ1v) is 9.43. The molecule has 1 aromatic rings. The molecule has 7 heteroatoms. The number of ether oxygens (including phenoxy) is 1. The van der Waals surface area contributed by atoms with E-state index in [0.717, 1.165) is 29.1 Å². The van der Waals surface area contributed by atoms with Crippen LogP contribution in [-0.4, -0.2) is 50.6 Å². The summed E-state index contributed by atoms with van der Waals surface area (Å²) in [7, 11) is 5.19. The average molecular weight is 486 g/mol. The molecule has 3 rings (SSSR count). The molecule has 27 heavy (non-hydrogen) atoms. The van der Waals surface area contributed by atoms with Gasteiger partial charge in [0.15, 0.2) is 5.96 Å². The zero-order valence-corrected chi connectivity index (χ0v) is 18.7. The van der Waals surface area contributed by atoms with Gasteiger partial charge in [0.05, 0.1) is 20.2 Å². The van der Waals surface area contributed by atoms with E-state index < -0.39 is 0 Å². The Hall–Kier alpha value is -1.51. The minimum absolute atomic E-state index is 0. The van der Waals surface area contributed by atoms with Crippen molar-refractivity contribution < 1.29 is 9.53 Å². The maximum atomic E-state index is 11.9. The van der Waals surface area contributed by atoms with Crippen molar-refractivity contribution >= 4 is 35.8 Å². The lowest BCUT2D eigenvalue weighted by molar-refractivity contribution is -0.127. The fourth-order valence-corrected chi connectivity index (χ4v) is 4.01. The Morgan fingerprint density at radius 2 is 2.11 bits per heavy atom. The van der Waals surface area contributed by atoms with Gasteiger partial charge in [-0.1, -0.05) is 18.6 Å². The first-order chi connectivity index (χ1) is 12.5. The van der Waals surface area contributed by atoms with Crippen LogP contribution in [0.4, 0.5) is 0 Å². The van der Waals surface area contributed by atoms with Crippen LogP contribution in [0.2, 0.25) is 0 Å². The van der Waals surface area contributed by atoms with Crippen LogP contribution in [0.15, 0.2) is 29.3 Å². The van der Waals surface area contributed by atoms with E-state index in [1.54, 1.807) is 26.1 Å². The number of nitrogens with one attached hydrogen (secondary N) is 2. The molecular formula is C20H31IN4O2. The number of carbonyl (C=O) groups is 1. The first-order valence-electron chi connectivity index (χ1n) is 9.43. The first kappa shape index (κ1) is 21.8. The molecule has 6 nitrogen and oxygen atoms in total. The topological polar surface area (TPSA) is 66.0 Å². The predicted octanol–water partition coefficient (Wildman–Crippen LogP) is 2.63. The number of nitrogens with zero attached hydrogens (tertiary/aromatic N) is 2. The van der Waals surface area contributed by atoms with Gasteiger partial charge in [0.2, 0.25) is 5.91 Å². The summed E-state index contributed by atoms with van der Waals surface area (Å²) in [4.78, 5) is 18.2. The van der Waals surface area contributed by atoms with Gasteiger partial charge in [0.1, 0.15) is 5.75 Å². The maximum Gasteiger partial charge on any atom is 0.241 e. The summed E-state index contributed by atoms with van der Waals surface area (Å²) >= 11 is 0. The van der Waals surface area contributed by atoms with Gasteiger partial charge in [0, 0.05) is 20.1 Å². The molecular weight excluding hydrogens is 455 g/mol. The van der Waals surface area contributed by atoms with Crippen molar-refractivity contribution in [3.8, 4) is 5.75 Å². The summed E-state index contributed by atoms with van der Waals surface area (Å²) in [6, 6.07) is 8.39. The summed E-state index contributed by atoms with van der Waals surface area (Å²) in [6.45, 7) is 0.793. The Labute approximate surface area is 179 Å². The number of fused-ring (bicyclic) bond motifs is 2. The highest BCUT2D eigenvalue weighted by Crippen LogP contribution is 2.44. The van der Waals surface area contributed by atoms with Crippen LogP contribution in [-0.2, 0) is 11.3 Å². The average Bonchev–Trinajstić information content (AvgIpc) is 3.26. The molecule has 2 saturated carbocycles. The maximum absolute atomic E-state index is 11.9. The van der Waals surface area contributed by atoms with Crippen molar-refractivity contribution in [1.82, 2.24) is 15.5 Å². The number of carbonyl (C=O) groups excluding carboxylic acids is 1. The lowest BCUT2D eigenvalue weighted by Gasteiger charge is -2.25. The van der Waals surface area contributed by atoms with Crippen molar-refractivity contribution in [3.05, 3.63) is 29.8 Å². The number of rotatable bonds is 6. The second kappa shape index (κ2) is 10.1. The number of likely N-dealkylation sites (N-methyl/N-ethyl adjacent to an activating group) is 1. The van der Waals surface area contributed by atoms with E-state index in [0.29, 0.717) is 12.6 Å². The van der Waals surface area contributed by atoms with E-state index in [1.807, 2.05) is 24.3 Å². The molecule has 150 valence electrons. The second-order valence-electron chi connectivity index (χ2n) is 7.58. The molecule has 2 N–H and O–H groups in total. The van der Waals surface area contributed by atoms with Crippen molar-refractivity contribution in [2.45, 2.75) is 38.3 Å². The number of guanidine groups is 1. The zero-order valence-electron chi connectivity index (χ0n) is 16.4. The lowest BCUT2D eigenvalue weighted by atomic mass is 9.95. The highest BCUT2D eigenvalue weighted by molar-refractivity contribution is 14.0. The number of amides is 1. The van der Waals surface area contributed by atoms with Gasteiger partial charge in [-0.2, -0.15) is 0 Å². The van der Waals surface area contributed by atoms with Crippen LogP contribution >= 0.6 is 24.0 Å². The SMILES string of the molecule is COc1cccc(CN=C(NCC(=O)N(C)C)NC2CC3CCC2C3)c1.I. The molecule has 2 fully saturated rings. The van der Waals surface area contributed by atoms with E-state index in [4.69, 9.17) is 9.73 Å². The fraction of sp³-hybridized carbons (Fsp3) is 0.600. The van der Waals surface area contributed by atoms with Crippen LogP contribution in [0.3, 0.4) is 0 Å². The van der Waals surface area contributed by atoms with Gasteiger partial charge in [-0.25, -0.2) is 4.99 Å². The Bertz CT molecular complexity index is 665. The van der Waals surface area contributed by atoms with E-state index >= 15 is 0 Å². The molecule has 3 atom stereocenters. The molecule has 0 aromatic heterocycles. The Morgan fingerprint density at radius 3 is 2.74 bits per heavy atom. The third kappa shape index (κ3) is 5.99. The largest absolute Gasteiger partial charge is 0.497 e. The van der Waals surface area contributed by atoms with Crippen molar-refractivity contribution in [2.24, 2.45) is 16.8 Å². The third-order valence-corrected chi connectivity index (χ3v) is 5.52. The van der Waals surface area contributed by atoms with Crippen LogP contribution in [0, 0.1) is 11.8 Å². The van der Waals surface area contributed by atoms with Crippen molar-refractivity contribution in [1.29, 1.82) is 0 Å². The highest BCUT2D eigenvalue weighted by atomic mass is 127. The molecule has 2 bridgehead atoms. The van der Waals surface area contributed by atoms with Crippen LogP contribution in [0.5, 0.6) is 5.75 Å². The van der Waals surface area contributed by atoms with Crippen LogP contribution in [0.1, 0.15) is 31.2 Å². The Morgan fingerprint density at radius 1 is 1.30 bits per heavy atom. The number of benzene rings is 1. The summed E-state index contributed by atoms with van der Waals surface area (Å²) in [5, 5.41) is 6.78. The second-order valence-corrected chi connectivity index (χ2v) is 7.58. The number of aliphatic imine (C=N–C) groups is 1. The van der Waals surface area contributed by atoms with E-state index in [-0.39, 0.29) is 36.4 Å². The molecule has 1 amide bonds. The molecule has 0 aliphatic heterocycles. The van der Waals surface area contributed by atoms with Gasteiger partial charge < -0.3 is 20.3 Å². The molecule has 3 unspecified atom stereocenters. The Kier molecular flexibility index (Phi) is 8.19. The molecule has 0 saturated heterocycles. The fourth-order valence-electron chi connectivity index (χ4n) is 4.01. The summed E-state index contributed by atoms with van der Waals surface area (Å²) in [6.07, 6.45) is 5.22. The van der Waals surface area contributed by atoms with Gasteiger partial charge in [-0.05, 0) is 48.8 Å². The lowest BCUT2D eigenvalue weighted by Crippen LogP contribution is -2.48. The van der Waals surface area contributed by atoms with Gasteiger partial charge in [-0.15, -0.1) is 24.0 Å². The quantitative estimate of drug-likeness (QED) is 0.369. The monoisotopic (exact) mass is 486 g/mol. The van der Waals surface area contributed by atoms with Crippen molar-refractivity contribution in [2.75, 3.05) is 27.7 Å². The molecule has 2 aliphatic rings. The van der Waals surface area contributed by atoms with Gasteiger partial charge in [-0.3, -0.25) is 4.79 Å². The molecule has 1 aromatic carbocycles. The van der Waals surface area contributed by atoms with Gasteiger partial charge >= 0.3 is 0 Å². The molecule has 0 spiro atoms. The predicted molar refractivity (Wildman–Crippen MR) is 119 cm³/mol. The van der Waals surface area contributed by atoms with Crippen molar-refractivity contribution in [3.63, 3.8) is 0 Å². The molecule has 2 aliphatic carbocycles. The number of hydrogen-bond acceptors (Lipinski definition) is 3. The minimum atomic E-state index is 0. The summed E-state index contributed by atoms with van der Waals surface area (Å²) in [5.41, 5.74) is 1.08. The smallest absolute Gasteiger partial charge is 0.241 e. The summed E-state index contributed by atoms with van der Waals surface area (Å²) < 4.78 is 5.28. The molecule has 0 radical (unpaired) electrons. The molecule has 0 heterocycles. The highest BCUT2D eigenvalue weighted by Gasteiger charge is 2.39. The zero-order chi connectivity index (χ0) is 18.5. The number of methoxy groups -OCH3 is 1. The van der Waals surface area contributed by atoms with E-state index in [9.17, 15) is 4.79 Å². The normalized spacial score (nSPS) is 23.5. The van der Waals surface area contributed by atoms with Gasteiger partial charge in [0.25, 0.3) is 0 Å². The minimum Gasteiger partial charge on any atom is -0.497 e. The standard InChI is InChI=1S/C20H30N4O2.HI/c1-24(2)19(25)13-22-20(23-18-11-14-7-8-16(18)9-14)21-12-15-5-4-6-17(10-15)26-3;/h4-6,10,14,16,18H,7-9,11-13H2,1-3H3,(H2,21,22,23);1H. The Balaban J connectivity index is 0.00000261. The van der Waals surface area contributed by atoms with E-state index in [1.165, 1.54) is 25.7 Å². The number of hydrogen-bond donors (Lipinski definition) is 2. The van der Waals surface area contributed by atoms with Crippen LogP contribution < -0.4 is 15.4 Å². The van der Waals surface area contributed by atoms with E-state index in [2.05, 4.69) is 10.6 Å². The third-order valence-electron chi connectivity index (χ3n) is 5.52.